The summed E-state index contributed by atoms with van der Waals surface area (Å²) in [5.41, 5.74) is 10.4. The van der Waals surface area contributed by atoms with Gasteiger partial charge in [-0.15, -0.1) is 0 Å². The third-order valence-corrected chi connectivity index (χ3v) is 9.63. The molecule has 0 amide bonds. The zero-order valence-electron chi connectivity index (χ0n) is 35.0. The Morgan fingerprint density at radius 2 is 0.697 bits per heavy atom. The number of rotatable bonds is 9. The Kier molecular flexibility index (Phi) is 17.6. The number of hydrogen-bond donors (Lipinski definition) is 0. The zero-order chi connectivity index (χ0) is 43.8. The molecule has 0 atom stereocenters. The average Bonchev–Trinajstić information content (AvgIpc) is 4.02. The second kappa shape index (κ2) is 24.4. The molecule has 4 heterocycles. The van der Waals surface area contributed by atoms with E-state index < -0.39 is 0 Å². The first-order chi connectivity index (χ1) is 31.6. The quantitative estimate of drug-likeness (QED) is 0.107. The molecule has 0 saturated carbocycles. The maximum atomic E-state index is 7.29. The second-order valence-electron chi connectivity index (χ2n) is 13.9. The van der Waals surface area contributed by atoms with Crippen LogP contribution >= 0.6 is 0 Å². The Hall–Kier alpha value is -7.72. The Balaban J connectivity index is 0.000000164. The molecule has 0 aliphatic heterocycles. The first-order valence-electron chi connectivity index (χ1n) is 20.2. The van der Waals surface area contributed by atoms with E-state index in [9.17, 15) is 0 Å². The van der Waals surface area contributed by atoms with Crippen LogP contribution in [0.2, 0.25) is 0 Å². The minimum Gasteiger partial charge on any atom is -0.669 e. The normalized spacial score (nSPS) is 9.85. The molecule has 6 nitrogen and oxygen atoms in total. The van der Waals surface area contributed by atoms with E-state index in [4.69, 9.17) is 22.3 Å². The molecule has 10 rings (SSSR count). The molecule has 0 radical (unpaired) electrons. The molecule has 0 bridgehead atoms. The van der Waals surface area contributed by atoms with Crippen LogP contribution in [0.1, 0.15) is 0 Å². The first-order valence-corrected chi connectivity index (χ1v) is 20.2. The van der Waals surface area contributed by atoms with Gasteiger partial charge in [-0.1, -0.05) is 145 Å². The van der Waals surface area contributed by atoms with Gasteiger partial charge in [0.1, 0.15) is 0 Å². The largest absolute Gasteiger partial charge is 0.669 e. The number of ether oxygens (including phenoxy) is 2. The van der Waals surface area contributed by atoms with E-state index in [1.165, 1.54) is 0 Å². The van der Waals surface area contributed by atoms with E-state index in [1.54, 1.807) is 57.9 Å². The van der Waals surface area contributed by atoms with E-state index in [0.29, 0.717) is 34.4 Å². The molecule has 0 fully saturated rings. The molecule has 0 N–H and O–H groups in total. The minimum absolute atomic E-state index is 0. The monoisotopic (exact) mass is 1210 g/mol. The molecule has 8 heteroatoms. The summed E-state index contributed by atoms with van der Waals surface area (Å²) in [7, 11) is 0. The van der Waals surface area contributed by atoms with Crippen molar-refractivity contribution in [2.24, 2.45) is 0 Å². The van der Waals surface area contributed by atoms with E-state index in [-0.39, 0.29) is 42.1 Å². The van der Waals surface area contributed by atoms with Gasteiger partial charge in [0.2, 0.25) is 11.8 Å². The second-order valence-corrected chi connectivity index (χ2v) is 13.9. The molecule has 0 spiro atoms. The van der Waals surface area contributed by atoms with Crippen LogP contribution in [-0.2, 0) is 42.1 Å². The number of aromatic nitrogens is 4. The van der Waals surface area contributed by atoms with Crippen LogP contribution in [0.4, 0.5) is 0 Å². The fourth-order valence-corrected chi connectivity index (χ4v) is 6.66. The van der Waals surface area contributed by atoms with E-state index in [2.05, 4.69) is 94.9 Å². The van der Waals surface area contributed by atoms with Gasteiger partial charge in [0, 0.05) is 114 Å². The summed E-state index contributed by atoms with van der Waals surface area (Å²) in [6.07, 6.45) is 25.7. The number of pyridine rings is 2. The third kappa shape index (κ3) is 12.7. The average molecular weight is 1210 g/mol. The molecule has 0 saturated heterocycles. The van der Waals surface area contributed by atoms with Crippen LogP contribution in [0.5, 0.6) is 23.3 Å². The molecule has 0 aliphatic carbocycles. The van der Waals surface area contributed by atoms with Crippen molar-refractivity contribution < 1.29 is 51.6 Å². The molecule has 0 unspecified atom stereocenters. The van der Waals surface area contributed by atoms with Crippen molar-refractivity contribution in [2.45, 2.75) is 0 Å². The zero-order valence-corrected chi connectivity index (χ0v) is 39.6. The number of benzene rings is 6. The number of nitrogens with zero attached hydrogens (tertiary/aromatic N) is 4. The maximum Gasteiger partial charge on any atom is 0.215 e. The van der Waals surface area contributed by atoms with Gasteiger partial charge < -0.3 is 66.8 Å². The molecular formula is C58H36N4O2Pt2-6. The standard InChI is InChI=1S/C22H12N2O2.2C18H12N.2Pt/c1-3-13-23-21(11-1)25-19-9-5-7-17(15-19)18-8-6-10-20(16-18)26-22-12-2-4-14-24-22;2*1-2-19-13-17(15-9-5-3-6-10-15)18(14-19)16-11-7-4-8-12-16;;/h1-6,9-14H;2*3-14H;;/q-4;2*-1;;. The molecule has 4 aromatic heterocycles. The van der Waals surface area contributed by atoms with Crippen molar-refractivity contribution in [2.75, 3.05) is 0 Å². The fraction of sp³-hybridized carbons (Fsp3) is 0. The summed E-state index contributed by atoms with van der Waals surface area (Å²) < 4.78 is 14.7. The van der Waals surface area contributed by atoms with Crippen molar-refractivity contribution in [1.29, 1.82) is 0 Å². The van der Waals surface area contributed by atoms with Crippen molar-refractivity contribution in [3.05, 3.63) is 256 Å². The van der Waals surface area contributed by atoms with Crippen LogP contribution in [-0.4, -0.2) is 19.1 Å². The Labute approximate surface area is 415 Å². The Bertz CT molecular complexity index is 2780. The third-order valence-electron chi connectivity index (χ3n) is 9.63. The summed E-state index contributed by atoms with van der Waals surface area (Å²) in [6.45, 7) is 0. The molecule has 10 aromatic rings. The van der Waals surface area contributed by atoms with Gasteiger partial charge in [0.15, 0.2) is 0 Å². The molecule has 0 aliphatic rings. The molecular weight excluding hydrogens is 1170 g/mol. The van der Waals surface area contributed by atoms with E-state index in [1.807, 2.05) is 122 Å². The first kappa shape index (κ1) is 47.7. The van der Waals surface area contributed by atoms with Crippen LogP contribution in [0.15, 0.2) is 219 Å². The summed E-state index contributed by atoms with van der Waals surface area (Å²) in [5.74, 6) is 2.08. The van der Waals surface area contributed by atoms with Crippen LogP contribution < -0.4 is 9.47 Å². The summed E-state index contributed by atoms with van der Waals surface area (Å²) in [5, 5.41) is 0. The van der Waals surface area contributed by atoms with Gasteiger partial charge in [-0.05, 0) is 34.4 Å². The van der Waals surface area contributed by atoms with Crippen molar-refractivity contribution in [3.63, 3.8) is 0 Å². The summed E-state index contributed by atoms with van der Waals surface area (Å²) in [4.78, 5) is 8.28. The van der Waals surface area contributed by atoms with Crippen molar-refractivity contribution in [3.8, 4) is 91.0 Å². The number of hydrogen-bond acceptors (Lipinski definition) is 4. The van der Waals surface area contributed by atoms with Crippen molar-refractivity contribution >= 4 is 0 Å². The molecule has 6 aromatic carbocycles. The van der Waals surface area contributed by atoms with Gasteiger partial charge in [0.25, 0.3) is 0 Å². The Morgan fingerprint density at radius 3 is 0.970 bits per heavy atom. The van der Waals surface area contributed by atoms with Crippen LogP contribution in [0, 0.1) is 49.2 Å². The van der Waals surface area contributed by atoms with Gasteiger partial charge in [-0.2, -0.15) is 12.1 Å². The van der Waals surface area contributed by atoms with Gasteiger partial charge in [0.05, 0.1) is 0 Å². The maximum absolute atomic E-state index is 7.29. The van der Waals surface area contributed by atoms with Gasteiger partial charge >= 0.3 is 0 Å². The smallest absolute Gasteiger partial charge is 0.215 e. The molecule has 66 heavy (non-hydrogen) atoms. The van der Waals surface area contributed by atoms with Gasteiger partial charge in [-0.25, -0.2) is 22.1 Å². The Morgan fingerprint density at radius 1 is 0.394 bits per heavy atom. The predicted octanol–water partition coefficient (Wildman–Crippen LogP) is 13.4. The fourth-order valence-electron chi connectivity index (χ4n) is 6.66. The predicted molar refractivity (Wildman–Crippen MR) is 252 cm³/mol. The molecule has 326 valence electrons. The summed E-state index contributed by atoms with van der Waals surface area (Å²) in [6, 6.07) is 76.2. The minimum atomic E-state index is 0. The summed E-state index contributed by atoms with van der Waals surface area (Å²) >= 11 is 0. The van der Waals surface area contributed by atoms with E-state index in [0.717, 1.165) is 44.5 Å². The SMILES string of the molecule is [C-]#Cn1cc(-c2ccccc2)c(-c2ccccc2)c1.[C-]#Cn1cc(-c2ccccc2)c(-c2ccccc2)c1.[Pt].[Pt].[c-]1ccc(Oc2ccccn2)[c-]c1-c1[c-]ccc(Oc2ccccn2)[c-]1. The van der Waals surface area contributed by atoms with Crippen molar-refractivity contribution in [1.82, 2.24) is 19.1 Å². The van der Waals surface area contributed by atoms with Crippen LogP contribution in [0.25, 0.3) is 55.6 Å². The van der Waals surface area contributed by atoms with Gasteiger partial charge in [-0.3, -0.25) is 12.1 Å². The topological polar surface area (TPSA) is 54.1 Å². The van der Waals surface area contributed by atoms with E-state index >= 15 is 0 Å². The van der Waals surface area contributed by atoms with Crippen LogP contribution in [0.3, 0.4) is 0 Å².